The Kier molecular flexibility index (Phi) is 2.86. The molecule has 1 aromatic rings. The van der Waals surface area contributed by atoms with Gasteiger partial charge in [0.25, 0.3) is 0 Å². The number of thiophene rings is 1. The highest BCUT2D eigenvalue weighted by Gasteiger charge is 2.13. The topological polar surface area (TPSA) is 26.0 Å². The van der Waals surface area contributed by atoms with Crippen LogP contribution in [0.15, 0.2) is 27.6 Å². The van der Waals surface area contributed by atoms with Crippen LogP contribution < -0.4 is 5.73 Å². The lowest BCUT2D eigenvalue weighted by atomic mass is 10.1. The van der Waals surface area contributed by atoms with Gasteiger partial charge < -0.3 is 5.73 Å². The molecule has 1 heterocycles. The molecule has 1 aliphatic carbocycles. The van der Waals surface area contributed by atoms with E-state index in [4.69, 9.17) is 5.73 Å². The summed E-state index contributed by atoms with van der Waals surface area (Å²) in [4.78, 5) is 1.42. The Morgan fingerprint density at radius 3 is 3.00 bits per heavy atom. The molecule has 0 aromatic carbocycles. The van der Waals surface area contributed by atoms with E-state index in [9.17, 15) is 0 Å². The summed E-state index contributed by atoms with van der Waals surface area (Å²) in [6, 6.07) is 2.41. The summed E-state index contributed by atoms with van der Waals surface area (Å²) in [5.74, 6) is 0. The summed E-state index contributed by atoms with van der Waals surface area (Å²) in [5, 5.41) is 2.12. The van der Waals surface area contributed by atoms with E-state index in [0.717, 1.165) is 12.8 Å². The van der Waals surface area contributed by atoms with Crippen LogP contribution >= 0.6 is 27.3 Å². The molecule has 2 N–H and O–H groups in total. The molecule has 0 bridgehead atoms. The average molecular weight is 258 g/mol. The molecule has 70 valence electrons. The Morgan fingerprint density at radius 1 is 1.62 bits per heavy atom. The van der Waals surface area contributed by atoms with Gasteiger partial charge in [0.2, 0.25) is 0 Å². The highest BCUT2D eigenvalue weighted by molar-refractivity contribution is 9.10. The largest absolute Gasteiger partial charge is 0.324 e. The first-order chi connectivity index (χ1) is 6.25. The minimum Gasteiger partial charge on any atom is -0.324 e. The monoisotopic (exact) mass is 257 g/mol. The highest BCUT2D eigenvalue weighted by Crippen LogP contribution is 2.28. The predicted octanol–water partition coefficient (Wildman–Crippen LogP) is 3.10. The summed E-state index contributed by atoms with van der Waals surface area (Å²) < 4.78 is 1.24. The van der Waals surface area contributed by atoms with Gasteiger partial charge in [0.1, 0.15) is 0 Å². The van der Waals surface area contributed by atoms with Gasteiger partial charge in [-0.25, -0.2) is 0 Å². The third kappa shape index (κ3) is 2.22. The van der Waals surface area contributed by atoms with Crippen molar-refractivity contribution in [2.75, 3.05) is 0 Å². The van der Waals surface area contributed by atoms with Crippen LogP contribution in [0.3, 0.4) is 0 Å². The van der Waals surface area contributed by atoms with Crippen molar-refractivity contribution in [2.45, 2.75) is 25.3 Å². The fraction of sp³-hybridized carbons (Fsp3) is 0.400. The lowest BCUT2D eigenvalue weighted by Gasteiger charge is -1.98. The quantitative estimate of drug-likeness (QED) is 0.810. The van der Waals surface area contributed by atoms with Crippen LogP contribution in [0.25, 0.3) is 0 Å². The van der Waals surface area contributed by atoms with Crippen LogP contribution in [-0.4, -0.2) is 6.04 Å². The number of halogens is 1. The Balaban J connectivity index is 2.07. The van der Waals surface area contributed by atoms with E-state index in [1.165, 1.54) is 21.3 Å². The van der Waals surface area contributed by atoms with Gasteiger partial charge in [-0.3, -0.25) is 0 Å². The van der Waals surface area contributed by atoms with Gasteiger partial charge >= 0.3 is 0 Å². The number of nitrogens with two attached hydrogens (primary N) is 1. The van der Waals surface area contributed by atoms with E-state index in [0.29, 0.717) is 6.04 Å². The molecule has 0 saturated carbocycles. The summed E-state index contributed by atoms with van der Waals surface area (Å²) in [6.07, 6.45) is 5.59. The maximum absolute atomic E-state index is 5.81. The number of hydrogen-bond donors (Lipinski definition) is 1. The third-order valence-electron chi connectivity index (χ3n) is 2.33. The van der Waals surface area contributed by atoms with Crippen LogP contribution in [0.4, 0.5) is 0 Å². The lowest BCUT2D eigenvalue weighted by Crippen LogP contribution is -2.11. The van der Waals surface area contributed by atoms with Crippen molar-refractivity contribution in [1.29, 1.82) is 0 Å². The smallest absolute Gasteiger partial charge is 0.0317 e. The fourth-order valence-electron chi connectivity index (χ4n) is 1.63. The standard InChI is InChI=1S/C10H12BrNS/c11-9-3-4-13-10(9)6-7-1-2-8(12)5-7/h3-5,8H,1-2,6,12H2. The van der Waals surface area contributed by atoms with Crippen molar-refractivity contribution in [2.24, 2.45) is 5.73 Å². The second-order valence-corrected chi connectivity index (χ2v) is 5.25. The summed E-state index contributed by atoms with van der Waals surface area (Å²) >= 11 is 5.35. The van der Waals surface area contributed by atoms with Gasteiger partial charge in [0.05, 0.1) is 0 Å². The second-order valence-electron chi connectivity index (χ2n) is 3.40. The first kappa shape index (κ1) is 9.44. The van der Waals surface area contributed by atoms with Crippen molar-refractivity contribution in [1.82, 2.24) is 0 Å². The minimum atomic E-state index is 0.300. The molecule has 1 atom stereocenters. The number of hydrogen-bond acceptors (Lipinski definition) is 2. The molecule has 1 nitrogen and oxygen atoms in total. The molecule has 2 rings (SSSR count). The zero-order valence-corrected chi connectivity index (χ0v) is 9.70. The van der Waals surface area contributed by atoms with E-state index in [2.05, 4.69) is 33.5 Å². The van der Waals surface area contributed by atoms with Gasteiger partial charge in [-0.2, -0.15) is 0 Å². The van der Waals surface area contributed by atoms with Crippen LogP contribution in [0.2, 0.25) is 0 Å². The van der Waals surface area contributed by atoms with Crippen molar-refractivity contribution >= 4 is 27.3 Å². The average Bonchev–Trinajstić information content (AvgIpc) is 2.64. The SMILES string of the molecule is NC1C=C(Cc2sccc2Br)CC1. The maximum Gasteiger partial charge on any atom is 0.0317 e. The van der Waals surface area contributed by atoms with Crippen molar-refractivity contribution < 1.29 is 0 Å². The molecule has 0 radical (unpaired) electrons. The first-order valence-electron chi connectivity index (χ1n) is 4.43. The van der Waals surface area contributed by atoms with Gasteiger partial charge in [0.15, 0.2) is 0 Å². The third-order valence-corrected chi connectivity index (χ3v) is 4.25. The van der Waals surface area contributed by atoms with Gasteiger partial charge in [-0.15, -0.1) is 11.3 Å². The molecule has 0 spiro atoms. The molecule has 0 aliphatic heterocycles. The molecular weight excluding hydrogens is 246 g/mol. The predicted molar refractivity (Wildman–Crippen MR) is 61.0 cm³/mol. The van der Waals surface area contributed by atoms with E-state index in [1.54, 1.807) is 0 Å². The van der Waals surface area contributed by atoms with Crippen molar-refractivity contribution in [3.8, 4) is 0 Å². The summed E-state index contributed by atoms with van der Waals surface area (Å²) in [7, 11) is 0. The molecule has 3 heteroatoms. The zero-order chi connectivity index (χ0) is 9.26. The van der Waals surface area contributed by atoms with E-state index in [-0.39, 0.29) is 0 Å². The van der Waals surface area contributed by atoms with E-state index in [1.807, 2.05) is 11.3 Å². The van der Waals surface area contributed by atoms with Crippen LogP contribution in [-0.2, 0) is 6.42 Å². The Morgan fingerprint density at radius 2 is 2.46 bits per heavy atom. The van der Waals surface area contributed by atoms with Gasteiger partial charge in [0, 0.05) is 21.8 Å². The number of allylic oxidation sites excluding steroid dienone is 1. The minimum absolute atomic E-state index is 0.300. The summed E-state index contributed by atoms with van der Waals surface area (Å²) in [5.41, 5.74) is 7.30. The van der Waals surface area contributed by atoms with Crippen molar-refractivity contribution in [3.05, 3.63) is 32.4 Å². The molecule has 0 saturated heterocycles. The highest BCUT2D eigenvalue weighted by atomic mass is 79.9. The van der Waals surface area contributed by atoms with Crippen molar-refractivity contribution in [3.63, 3.8) is 0 Å². The molecule has 13 heavy (non-hydrogen) atoms. The second kappa shape index (κ2) is 3.95. The van der Waals surface area contributed by atoms with E-state index < -0.39 is 0 Å². The van der Waals surface area contributed by atoms with Gasteiger partial charge in [-0.1, -0.05) is 11.6 Å². The lowest BCUT2D eigenvalue weighted by molar-refractivity contribution is 0.770. The molecule has 0 fully saturated rings. The normalized spacial score (nSPS) is 22.0. The first-order valence-corrected chi connectivity index (χ1v) is 6.10. The molecule has 1 unspecified atom stereocenters. The zero-order valence-electron chi connectivity index (χ0n) is 7.29. The van der Waals surface area contributed by atoms with Crippen LogP contribution in [0.1, 0.15) is 17.7 Å². The molecular formula is C10H12BrNS. The van der Waals surface area contributed by atoms with Crippen LogP contribution in [0.5, 0.6) is 0 Å². The Bertz CT molecular complexity index is 329. The maximum atomic E-state index is 5.81. The Labute approximate surface area is 90.8 Å². The molecule has 0 amide bonds. The molecule has 1 aliphatic rings. The number of rotatable bonds is 2. The molecule has 1 aromatic heterocycles. The van der Waals surface area contributed by atoms with E-state index >= 15 is 0 Å². The van der Waals surface area contributed by atoms with Crippen LogP contribution in [0, 0.1) is 0 Å². The Hall–Kier alpha value is -0.120. The fourth-order valence-corrected chi connectivity index (χ4v) is 3.17. The summed E-state index contributed by atoms with van der Waals surface area (Å²) in [6.45, 7) is 0. The van der Waals surface area contributed by atoms with Gasteiger partial charge in [-0.05, 0) is 40.2 Å².